The zero-order valence-corrected chi connectivity index (χ0v) is 19.8. The van der Waals surface area contributed by atoms with E-state index in [1.807, 2.05) is 0 Å². The van der Waals surface area contributed by atoms with Crippen LogP contribution in [-0.4, -0.2) is 21.5 Å². The lowest BCUT2D eigenvalue weighted by Gasteiger charge is -2.31. The fraction of sp³-hybridized carbons (Fsp3) is 0.250. The maximum Gasteiger partial charge on any atom is 0.437 e. The highest BCUT2D eigenvalue weighted by Crippen LogP contribution is 2.35. The summed E-state index contributed by atoms with van der Waals surface area (Å²) in [6, 6.07) is 9.33. The standard InChI is InChI=1S/C24H18ClF4N5O3/c1-12-3-2-4-17(19(12)26)18-8-15(32-33-22(18)35)10-34-11-31-21(24(27,28)29)20(23(34)36)37-16-6-13(9-30)5-14(25)7-16/h2-7,11,15,18,32H,8,10H2,1H3,(H,33,35). The first-order valence-electron chi connectivity index (χ1n) is 10.8. The number of carbonyl (C=O) groups is 1. The van der Waals surface area contributed by atoms with Gasteiger partial charge < -0.3 is 4.74 Å². The van der Waals surface area contributed by atoms with Crippen LogP contribution in [0, 0.1) is 24.1 Å². The van der Waals surface area contributed by atoms with Gasteiger partial charge in [0.1, 0.15) is 11.6 Å². The molecule has 1 aliphatic rings. The molecule has 192 valence electrons. The maximum absolute atomic E-state index is 14.7. The molecule has 2 N–H and O–H groups in total. The van der Waals surface area contributed by atoms with E-state index < -0.39 is 46.9 Å². The molecular formula is C24H18ClF4N5O3. The number of hydrazine groups is 1. The van der Waals surface area contributed by atoms with E-state index in [-0.39, 0.29) is 34.9 Å². The number of hydrogen-bond donors (Lipinski definition) is 2. The summed E-state index contributed by atoms with van der Waals surface area (Å²) in [5.41, 5.74) is 2.93. The molecule has 0 aliphatic carbocycles. The van der Waals surface area contributed by atoms with Gasteiger partial charge in [0.15, 0.2) is 5.69 Å². The number of aromatic nitrogens is 2. The Labute approximate surface area is 212 Å². The van der Waals surface area contributed by atoms with Crippen LogP contribution in [0.4, 0.5) is 17.6 Å². The number of ether oxygens (including phenoxy) is 1. The Kier molecular flexibility index (Phi) is 7.20. The molecule has 37 heavy (non-hydrogen) atoms. The van der Waals surface area contributed by atoms with E-state index in [4.69, 9.17) is 21.6 Å². The first-order valence-corrected chi connectivity index (χ1v) is 11.2. The number of benzene rings is 2. The van der Waals surface area contributed by atoms with Crippen molar-refractivity contribution in [1.29, 1.82) is 5.26 Å². The molecule has 1 aromatic heterocycles. The summed E-state index contributed by atoms with van der Waals surface area (Å²) in [7, 11) is 0. The lowest BCUT2D eigenvalue weighted by Crippen LogP contribution is -2.54. The second kappa shape index (κ2) is 10.2. The topological polar surface area (TPSA) is 109 Å². The molecule has 2 atom stereocenters. The van der Waals surface area contributed by atoms with E-state index in [0.717, 1.165) is 23.0 Å². The minimum absolute atomic E-state index is 0.0110. The van der Waals surface area contributed by atoms with Crippen molar-refractivity contribution in [3.63, 3.8) is 0 Å². The number of aryl methyl sites for hydroxylation is 1. The number of nitrogens with zero attached hydrogens (tertiary/aromatic N) is 3. The Hall–Kier alpha value is -3.95. The lowest BCUT2D eigenvalue weighted by atomic mass is 9.88. The highest BCUT2D eigenvalue weighted by molar-refractivity contribution is 6.30. The van der Waals surface area contributed by atoms with E-state index in [1.54, 1.807) is 25.1 Å². The van der Waals surface area contributed by atoms with Gasteiger partial charge in [-0.05, 0) is 37.1 Å². The number of rotatable bonds is 5. The van der Waals surface area contributed by atoms with Crippen LogP contribution in [0.15, 0.2) is 47.5 Å². The second-order valence-corrected chi connectivity index (χ2v) is 8.80. The van der Waals surface area contributed by atoms with Crippen LogP contribution in [0.3, 0.4) is 0 Å². The van der Waals surface area contributed by atoms with Gasteiger partial charge in [-0.3, -0.25) is 19.6 Å². The normalized spacial score (nSPS) is 17.7. The third kappa shape index (κ3) is 5.58. The van der Waals surface area contributed by atoms with Crippen molar-refractivity contribution in [3.8, 4) is 17.6 Å². The van der Waals surface area contributed by atoms with Gasteiger partial charge in [-0.25, -0.2) is 14.8 Å². The molecule has 13 heteroatoms. The van der Waals surface area contributed by atoms with Gasteiger partial charge in [0.05, 0.1) is 23.9 Å². The van der Waals surface area contributed by atoms with Crippen LogP contribution in [0.2, 0.25) is 5.02 Å². The summed E-state index contributed by atoms with van der Waals surface area (Å²) in [6.07, 6.45) is -4.25. The van der Waals surface area contributed by atoms with Crippen LogP contribution < -0.4 is 21.1 Å². The summed E-state index contributed by atoms with van der Waals surface area (Å²) in [5.74, 6) is -3.29. The Bertz CT molecular complexity index is 1470. The van der Waals surface area contributed by atoms with Crippen molar-refractivity contribution < 1.29 is 27.1 Å². The summed E-state index contributed by atoms with van der Waals surface area (Å²) >= 11 is 5.90. The monoisotopic (exact) mass is 535 g/mol. The number of alkyl halides is 3. The molecule has 1 amide bonds. The van der Waals surface area contributed by atoms with Gasteiger partial charge in [-0.2, -0.15) is 18.4 Å². The van der Waals surface area contributed by atoms with Crippen LogP contribution in [0.5, 0.6) is 11.5 Å². The van der Waals surface area contributed by atoms with Crippen molar-refractivity contribution in [2.75, 3.05) is 0 Å². The van der Waals surface area contributed by atoms with Gasteiger partial charge in [0, 0.05) is 23.2 Å². The molecule has 8 nitrogen and oxygen atoms in total. The van der Waals surface area contributed by atoms with Crippen molar-refractivity contribution >= 4 is 17.5 Å². The van der Waals surface area contributed by atoms with Gasteiger partial charge in [0.2, 0.25) is 11.7 Å². The molecule has 0 radical (unpaired) electrons. The highest BCUT2D eigenvalue weighted by Gasteiger charge is 2.39. The number of nitrogens with one attached hydrogen (secondary N) is 2. The molecule has 0 saturated carbocycles. The van der Waals surface area contributed by atoms with Crippen LogP contribution in [-0.2, 0) is 17.5 Å². The molecule has 2 unspecified atom stereocenters. The number of hydrogen-bond acceptors (Lipinski definition) is 6. The predicted octanol–water partition coefficient (Wildman–Crippen LogP) is 4.20. The van der Waals surface area contributed by atoms with Crippen LogP contribution >= 0.6 is 11.6 Å². The van der Waals surface area contributed by atoms with Crippen molar-refractivity contribution in [2.24, 2.45) is 0 Å². The van der Waals surface area contributed by atoms with E-state index >= 15 is 0 Å². The molecule has 1 saturated heterocycles. The fourth-order valence-electron chi connectivity index (χ4n) is 3.97. The number of amides is 1. The lowest BCUT2D eigenvalue weighted by molar-refractivity contribution is -0.142. The number of halogens is 5. The molecular weight excluding hydrogens is 518 g/mol. The Morgan fingerprint density at radius 3 is 2.73 bits per heavy atom. The summed E-state index contributed by atoms with van der Waals surface area (Å²) in [6.45, 7) is 1.34. The molecule has 2 heterocycles. The smallest absolute Gasteiger partial charge is 0.437 e. The van der Waals surface area contributed by atoms with Crippen molar-refractivity contribution in [1.82, 2.24) is 20.4 Å². The molecule has 1 fully saturated rings. The summed E-state index contributed by atoms with van der Waals surface area (Å²) in [5, 5.41) is 9.11. The Balaban J connectivity index is 1.66. The Morgan fingerprint density at radius 1 is 1.27 bits per heavy atom. The quantitative estimate of drug-likeness (QED) is 0.474. The minimum atomic E-state index is -5.02. The van der Waals surface area contributed by atoms with E-state index in [1.165, 1.54) is 12.1 Å². The fourth-order valence-corrected chi connectivity index (χ4v) is 4.20. The second-order valence-electron chi connectivity index (χ2n) is 8.36. The van der Waals surface area contributed by atoms with Gasteiger partial charge in [0.25, 0.3) is 5.56 Å². The van der Waals surface area contributed by atoms with E-state index in [2.05, 4.69) is 15.8 Å². The summed E-state index contributed by atoms with van der Waals surface area (Å²) < 4.78 is 61.7. The first kappa shape index (κ1) is 26.1. The highest BCUT2D eigenvalue weighted by atomic mass is 35.5. The average Bonchev–Trinajstić information content (AvgIpc) is 2.83. The molecule has 2 aromatic carbocycles. The van der Waals surface area contributed by atoms with Crippen molar-refractivity contribution in [2.45, 2.75) is 38.0 Å². The zero-order valence-electron chi connectivity index (χ0n) is 19.1. The Morgan fingerprint density at radius 2 is 2.03 bits per heavy atom. The van der Waals surface area contributed by atoms with Gasteiger partial charge in [-0.15, -0.1) is 0 Å². The predicted molar refractivity (Wildman–Crippen MR) is 123 cm³/mol. The molecule has 0 spiro atoms. The zero-order chi connectivity index (χ0) is 26.9. The van der Waals surface area contributed by atoms with E-state index in [0.29, 0.717) is 5.56 Å². The summed E-state index contributed by atoms with van der Waals surface area (Å²) in [4.78, 5) is 28.9. The van der Waals surface area contributed by atoms with Crippen LogP contribution in [0.25, 0.3) is 0 Å². The van der Waals surface area contributed by atoms with Crippen molar-refractivity contribution in [3.05, 3.63) is 86.3 Å². The minimum Gasteiger partial charge on any atom is -0.449 e. The molecule has 3 aromatic rings. The largest absolute Gasteiger partial charge is 0.449 e. The third-order valence-corrected chi connectivity index (χ3v) is 5.95. The maximum atomic E-state index is 14.7. The average molecular weight is 536 g/mol. The number of carbonyl (C=O) groups excluding carboxylic acids is 1. The van der Waals surface area contributed by atoms with Gasteiger partial charge in [-0.1, -0.05) is 29.8 Å². The first-order chi connectivity index (χ1) is 17.5. The number of nitriles is 1. The molecule has 0 bridgehead atoms. The van der Waals surface area contributed by atoms with E-state index in [9.17, 15) is 27.2 Å². The SMILES string of the molecule is Cc1cccc(C2CC(Cn3cnc(C(F)(F)F)c(Oc4cc(Cl)cc(C#N)c4)c3=O)NNC2=O)c1F. The third-order valence-electron chi connectivity index (χ3n) is 5.74. The molecule has 1 aliphatic heterocycles. The van der Waals surface area contributed by atoms with Crippen LogP contribution in [0.1, 0.15) is 34.7 Å². The van der Waals surface area contributed by atoms with Gasteiger partial charge >= 0.3 is 6.18 Å². The molecule has 4 rings (SSSR count).